The van der Waals surface area contributed by atoms with E-state index in [1.165, 1.54) is 13.8 Å². The number of aryl methyl sites for hydroxylation is 2. The maximum atomic E-state index is 12.2. The second kappa shape index (κ2) is 6.99. The molecule has 10 nitrogen and oxygen atoms in total. The van der Waals surface area contributed by atoms with Gasteiger partial charge in [0.05, 0.1) is 0 Å². The van der Waals surface area contributed by atoms with E-state index in [1.54, 1.807) is 0 Å². The molecular formula is C14H17N3O7S. The lowest BCUT2D eigenvalue weighted by molar-refractivity contribution is 0.0953. The van der Waals surface area contributed by atoms with E-state index >= 15 is 0 Å². The van der Waals surface area contributed by atoms with Crippen molar-refractivity contribution in [3.63, 3.8) is 0 Å². The SMILES string of the molecule is Cc1noc(C)c1S(=O)(=O)NCCNC(=O)c1cc(O)c(O)c(O)c1. The molecule has 0 aliphatic carbocycles. The maximum absolute atomic E-state index is 12.2. The van der Waals surface area contributed by atoms with Crippen molar-refractivity contribution in [1.82, 2.24) is 15.2 Å². The van der Waals surface area contributed by atoms with Gasteiger partial charge in [0.15, 0.2) is 23.0 Å². The summed E-state index contributed by atoms with van der Waals surface area (Å²) in [6, 6.07) is 1.94. The average molecular weight is 371 g/mol. The molecule has 0 unspecified atom stereocenters. The van der Waals surface area contributed by atoms with E-state index in [0.29, 0.717) is 0 Å². The number of amides is 1. The molecule has 0 fully saturated rings. The number of hydrogen-bond donors (Lipinski definition) is 5. The van der Waals surface area contributed by atoms with Crippen LogP contribution in [-0.2, 0) is 10.0 Å². The lowest BCUT2D eigenvalue weighted by Gasteiger charge is -2.09. The van der Waals surface area contributed by atoms with E-state index in [1.807, 2.05) is 0 Å². The summed E-state index contributed by atoms with van der Waals surface area (Å²) in [4.78, 5) is 11.9. The van der Waals surface area contributed by atoms with Crippen LogP contribution in [0.15, 0.2) is 21.6 Å². The minimum absolute atomic E-state index is 0.0489. The van der Waals surface area contributed by atoms with Gasteiger partial charge in [0.25, 0.3) is 5.91 Å². The maximum Gasteiger partial charge on any atom is 0.251 e. The molecule has 1 aromatic heterocycles. The summed E-state index contributed by atoms with van der Waals surface area (Å²) in [5, 5.41) is 34.0. The zero-order valence-corrected chi connectivity index (χ0v) is 14.2. The summed E-state index contributed by atoms with van der Waals surface area (Å²) in [6.45, 7) is 2.81. The topological polar surface area (TPSA) is 162 Å². The Morgan fingerprint density at radius 3 is 2.28 bits per heavy atom. The van der Waals surface area contributed by atoms with Crippen LogP contribution < -0.4 is 10.0 Å². The van der Waals surface area contributed by atoms with Crippen molar-refractivity contribution in [1.29, 1.82) is 0 Å². The van der Waals surface area contributed by atoms with Gasteiger partial charge in [-0.25, -0.2) is 13.1 Å². The summed E-state index contributed by atoms with van der Waals surface area (Å²) >= 11 is 0. The molecule has 0 saturated carbocycles. The smallest absolute Gasteiger partial charge is 0.251 e. The van der Waals surface area contributed by atoms with Crippen LogP contribution in [0.5, 0.6) is 17.2 Å². The summed E-state index contributed by atoms with van der Waals surface area (Å²) in [5.41, 5.74) is 0.130. The van der Waals surface area contributed by atoms with Crippen LogP contribution in [-0.4, -0.2) is 47.9 Å². The third kappa shape index (κ3) is 4.00. The number of aromatic hydroxyl groups is 3. The number of benzene rings is 1. The normalized spacial score (nSPS) is 11.4. The van der Waals surface area contributed by atoms with Crippen LogP contribution >= 0.6 is 0 Å². The molecule has 0 saturated heterocycles. The lowest BCUT2D eigenvalue weighted by atomic mass is 10.1. The molecule has 1 amide bonds. The number of rotatable bonds is 6. The highest BCUT2D eigenvalue weighted by Gasteiger charge is 2.23. The Morgan fingerprint density at radius 1 is 1.16 bits per heavy atom. The van der Waals surface area contributed by atoms with Gasteiger partial charge in [-0.05, 0) is 26.0 Å². The first-order chi connectivity index (χ1) is 11.6. The van der Waals surface area contributed by atoms with Crippen molar-refractivity contribution >= 4 is 15.9 Å². The summed E-state index contributed by atoms with van der Waals surface area (Å²) < 4.78 is 31.4. The van der Waals surface area contributed by atoms with Gasteiger partial charge in [0.2, 0.25) is 10.0 Å². The van der Waals surface area contributed by atoms with Crippen molar-refractivity contribution in [3.05, 3.63) is 29.2 Å². The predicted octanol–water partition coefficient (Wildman–Crippen LogP) is 0.117. The molecule has 136 valence electrons. The Bertz CT molecular complexity index is 863. The fourth-order valence-electron chi connectivity index (χ4n) is 2.13. The lowest BCUT2D eigenvalue weighted by Crippen LogP contribution is -2.35. The van der Waals surface area contributed by atoms with E-state index in [2.05, 4.69) is 15.2 Å². The van der Waals surface area contributed by atoms with Crippen LogP contribution in [0.4, 0.5) is 0 Å². The van der Waals surface area contributed by atoms with Crippen LogP contribution in [0.25, 0.3) is 0 Å². The number of carbonyl (C=O) groups excluding carboxylic acids is 1. The molecule has 2 aromatic rings. The number of carbonyl (C=O) groups is 1. The Morgan fingerprint density at radius 2 is 1.76 bits per heavy atom. The van der Waals surface area contributed by atoms with Gasteiger partial charge in [-0.1, -0.05) is 5.16 Å². The molecule has 0 spiro atoms. The average Bonchev–Trinajstić information content (AvgIpc) is 2.88. The van der Waals surface area contributed by atoms with E-state index in [4.69, 9.17) is 4.52 Å². The highest BCUT2D eigenvalue weighted by atomic mass is 32.2. The summed E-state index contributed by atoms with van der Waals surface area (Å²) in [6.07, 6.45) is 0. The highest BCUT2D eigenvalue weighted by molar-refractivity contribution is 7.89. The number of nitrogens with one attached hydrogen (secondary N) is 2. The van der Waals surface area contributed by atoms with Crippen LogP contribution in [0, 0.1) is 13.8 Å². The van der Waals surface area contributed by atoms with Gasteiger partial charge in [-0.15, -0.1) is 0 Å². The van der Waals surface area contributed by atoms with E-state index < -0.39 is 33.2 Å². The number of phenolic OH excluding ortho intramolecular Hbond substituents is 3. The molecule has 0 atom stereocenters. The van der Waals surface area contributed by atoms with Crippen LogP contribution in [0.3, 0.4) is 0 Å². The quantitative estimate of drug-likeness (QED) is 0.353. The van der Waals surface area contributed by atoms with Crippen molar-refractivity contribution < 1.29 is 33.1 Å². The van der Waals surface area contributed by atoms with Crippen molar-refractivity contribution in [2.75, 3.05) is 13.1 Å². The first-order valence-corrected chi connectivity index (χ1v) is 8.57. The van der Waals surface area contributed by atoms with Crippen molar-refractivity contribution in [2.24, 2.45) is 0 Å². The fraction of sp³-hybridized carbons (Fsp3) is 0.286. The van der Waals surface area contributed by atoms with Crippen LogP contribution in [0.2, 0.25) is 0 Å². The molecule has 1 heterocycles. The van der Waals surface area contributed by atoms with Gasteiger partial charge in [-0.2, -0.15) is 0 Å². The standard InChI is InChI=1S/C14H17N3O7S/c1-7-13(8(2)24-17-7)25(22,23)16-4-3-15-14(21)9-5-10(18)12(20)11(19)6-9/h5-6,16,18-20H,3-4H2,1-2H3,(H,15,21). The molecular weight excluding hydrogens is 354 g/mol. The second-order valence-electron chi connectivity index (χ2n) is 5.17. The largest absolute Gasteiger partial charge is 0.504 e. The van der Waals surface area contributed by atoms with Gasteiger partial charge in [-0.3, -0.25) is 4.79 Å². The second-order valence-corrected chi connectivity index (χ2v) is 6.87. The Hall–Kier alpha value is -2.79. The summed E-state index contributed by atoms with van der Waals surface area (Å²) in [7, 11) is -3.83. The van der Waals surface area contributed by atoms with Gasteiger partial charge < -0.3 is 25.2 Å². The van der Waals surface area contributed by atoms with E-state index in [-0.39, 0.29) is 35.0 Å². The number of nitrogens with zero attached hydrogens (tertiary/aromatic N) is 1. The minimum atomic E-state index is -3.83. The van der Waals surface area contributed by atoms with Crippen molar-refractivity contribution in [2.45, 2.75) is 18.7 Å². The van der Waals surface area contributed by atoms with Gasteiger partial charge >= 0.3 is 0 Å². The molecule has 0 bridgehead atoms. The molecule has 0 aliphatic heterocycles. The summed E-state index contributed by atoms with van der Waals surface area (Å²) in [5.74, 6) is -2.54. The zero-order chi connectivity index (χ0) is 18.8. The third-order valence-electron chi connectivity index (χ3n) is 3.27. The molecule has 25 heavy (non-hydrogen) atoms. The number of sulfonamides is 1. The number of hydrogen-bond acceptors (Lipinski definition) is 8. The first-order valence-electron chi connectivity index (χ1n) is 7.09. The Balaban J connectivity index is 1.94. The first kappa shape index (κ1) is 18.5. The Kier molecular flexibility index (Phi) is 5.18. The van der Waals surface area contributed by atoms with E-state index in [9.17, 15) is 28.5 Å². The Labute approximate surface area is 143 Å². The number of phenols is 3. The molecule has 5 N–H and O–H groups in total. The molecule has 2 rings (SSSR count). The van der Waals surface area contributed by atoms with Crippen molar-refractivity contribution in [3.8, 4) is 17.2 Å². The van der Waals surface area contributed by atoms with Gasteiger partial charge in [0, 0.05) is 18.7 Å². The zero-order valence-electron chi connectivity index (χ0n) is 13.4. The molecule has 0 aliphatic rings. The molecule has 11 heteroatoms. The predicted molar refractivity (Wildman–Crippen MR) is 84.9 cm³/mol. The highest BCUT2D eigenvalue weighted by Crippen LogP contribution is 2.35. The van der Waals surface area contributed by atoms with Crippen LogP contribution in [0.1, 0.15) is 21.8 Å². The van der Waals surface area contributed by atoms with E-state index in [0.717, 1.165) is 12.1 Å². The monoisotopic (exact) mass is 371 g/mol. The minimum Gasteiger partial charge on any atom is -0.504 e. The number of aromatic nitrogens is 1. The van der Waals surface area contributed by atoms with Gasteiger partial charge in [0.1, 0.15) is 10.6 Å². The third-order valence-corrected chi connectivity index (χ3v) is 4.98. The molecule has 0 radical (unpaired) electrons. The fourth-order valence-corrected chi connectivity index (χ4v) is 3.49. The molecule has 1 aromatic carbocycles.